The molecule has 18 heavy (non-hydrogen) atoms. The summed E-state index contributed by atoms with van der Waals surface area (Å²) in [6, 6.07) is 8.73. The van der Waals surface area contributed by atoms with E-state index in [0.29, 0.717) is 0 Å². The maximum atomic E-state index is 4.04. The smallest absolute Gasteiger partial charge is 0.0945 e. The van der Waals surface area contributed by atoms with E-state index < -0.39 is 0 Å². The second-order valence-electron chi connectivity index (χ2n) is 4.18. The van der Waals surface area contributed by atoms with Crippen LogP contribution in [0.4, 0.5) is 0 Å². The summed E-state index contributed by atoms with van der Waals surface area (Å²) in [7, 11) is 1.98. The zero-order valence-corrected chi connectivity index (χ0v) is 11.5. The normalized spacial score (nSPS) is 10.7. The van der Waals surface area contributed by atoms with Crippen molar-refractivity contribution in [2.45, 2.75) is 24.4 Å². The first-order valence-corrected chi connectivity index (χ1v) is 7.19. The summed E-state index contributed by atoms with van der Waals surface area (Å²) < 4.78 is 2.12. The van der Waals surface area contributed by atoms with Crippen molar-refractivity contribution in [2.75, 3.05) is 12.8 Å². The lowest BCUT2D eigenvalue weighted by molar-refractivity contribution is 0.683. The van der Waals surface area contributed by atoms with Gasteiger partial charge in [0, 0.05) is 30.4 Å². The topological polar surface area (TPSA) is 29.9 Å². The minimum atomic E-state index is 0.934. The van der Waals surface area contributed by atoms with E-state index in [9.17, 15) is 0 Å². The molecule has 1 N–H and O–H groups in total. The standard InChI is InChI=1S/C14H19N3S/c1-15-11-13-4-2-5-14(10-13)18-9-3-7-17-8-6-16-12-17/h2,4-6,8,10,12,15H,3,7,9,11H2,1H3. The molecule has 0 atom stereocenters. The van der Waals surface area contributed by atoms with Crippen molar-refractivity contribution < 1.29 is 0 Å². The van der Waals surface area contributed by atoms with Gasteiger partial charge in [0.2, 0.25) is 0 Å². The second-order valence-corrected chi connectivity index (χ2v) is 5.35. The first-order chi connectivity index (χ1) is 8.88. The third-order valence-electron chi connectivity index (χ3n) is 2.67. The molecule has 4 heteroatoms. The van der Waals surface area contributed by atoms with Gasteiger partial charge in [-0.05, 0) is 36.9 Å². The van der Waals surface area contributed by atoms with Crippen LogP contribution in [0.5, 0.6) is 0 Å². The van der Waals surface area contributed by atoms with Crippen LogP contribution >= 0.6 is 11.8 Å². The van der Waals surface area contributed by atoms with E-state index in [2.05, 4.69) is 39.1 Å². The molecule has 0 saturated heterocycles. The zero-order valence-electron chi connectivity index (χ0n) is 10.7. The molecule has 0 saturated carbocycles. The van der Waals surface area contributed by atoms with Gasteiger partial charge in [-0.25, -0.2) is 4.98 Å². The maximum Gasteiger partial charge on any atom is 0.0945 e. The lowest BCUT2D eigenvalue weighted by Gasteiger charge is -2.05. The number of hydrogen-bond donors (Lipinski definition) is 1. The summed E-state index contributed by atoms with van der Waals surface area (Å²) in [6.45, 7) is 1.98. The number of hydrogen-bond acceptors (Lipinski definition) is 3. The van der Waals surface area contributed by atoms with Crippen LogP contribution < -0.4 is 5.32 Å². The Hall–Kier alpha value is -1.26. The van der Waals surface area contributed by atoms with Gasteiger partial charge in [-0.2, -0.15) is 0 Å². The molecule has 2 rings (SSSR count). The van der Waals surface area contributed by atoms with Gasteiger partial charge in [0.25, 0.3) is 0 Å². The Morgan fingerprint density at radius 2 is 2.33 bits per heavy atom. The predicted molar refractivity (Wildman–Crippen MR) is 76.8 cm³/mol. The van der Waals surface area contributed by atoms with Crippen molar-refractivity contribution in [3.05, 3.63) is 48.5 Å². The fourth-order valence-corrected chi connectivity index (χ4v) is 2.72. The van der Waals surface area contributed by atoms with Gasteiger partial charge < -0.3 is 9.88 Å². The Bertz CT molecular complexity index is 454. The van der Waals surface area contributed by atoms with Crippen LogP contribution in [0.25, 0.3) is 0 Å². The molecule has 0 radical (unpaired) electrons. The fourth-order valence-electron chi connectivity index (χ4n) is 1.81. The third-order valence-corrected chi connectivity index (χ3v) is 3.75. The molecule has 0 bridgehead atoms. The zero-order chi connectivity index (χ0) is 12.6. The molecule has 0 unspecified atom stereocenters. The quantitative estimate of drug-likeness (QED) is 0.614. The molecule has 0 fully saturated rings. The van der Waals surface area contributed by atoms with Gasteiger partial charge in [-0.1, -0.05) is 12.1 Å². The van der Waals surface area contributed by atoms with Gasteiger partial charge >= 0.3 is 0 Å². The van der Waals surface area contributed by atoms with E-state index in [1.165, 1.54) is 10.5 Å². The Balaban J connectivity index is 1.74. The molecule has 0 spiro atoms. The summed E-state index contributed by atoms with van der Waals surface area (Å²) in [5.41, 5.74) is 1.34. The molecule has 0 aliphatic carbocycles. The van der Waals surface area contributed by atoms with Crippen LogP contribution in [-0.2, 0) is 13.1 Å². The van der Waals surface area contributed by atoms with E-state index in [4.69, 9.17) is 0 Å². The number of nitrogens with zero attached hydrogens (tertiary/aromatic N) is 2. The van der Waals surface area contributed by atoms with Crippen molar-refractivity contribution in [3.8, 4) is 0 Å². The minimum absolute atomic E-state index is 0.934. The summed E-state index contributed by atoms with van der Waals surface area (Å²) in [6.07, 6.45) is 6.88. The van der Waals surface area contributed by atoms with Gasteiger partial charge in [-0.3, -0.25) is 0 Å². The van der Waals surface area contributed by atoms with E-state index in [-0.39, 0.29) is 0 Å². The average molecular weight is 261 g/mol. The van der Waals surface area contributed by atoms with Crippen LogP contribution in [0.2, 0.25) is 0 Å². The summed E-state index contributed by atoms with van der Waals surface area (Å²) in [4.78, 5) is 5.40. The first-order valence-electron chi connectivity index (χ1n) is 6.20. The van der Waals surface area contributed by atoms with Crippen molar-refractivity contribution in [2.24, 2.45) is 0 Å². The third kappa shape index (κ3) is 4.20. The van der Waals surface area contributed by atoms with Crippen molar-refractivity contribution in [1.29, 1.82) is 0 Å². The molecule has 1 heterocycles. The number of imidazole rings is 1. The van der Waals surface area contributed by atoms with Crippen LogP contribution in [0, 0.1) is 0 Å². The average Bonchev–Trinajstić information content (AvgIpc) is 2.89. The van der Waals surface area contributed by atoms with Crippen molar-refractivity contribution >= 4 is 11.8 Å². The lowest BCUT2D eigenvalue weighted by atomic mass is 10.2. The highest BCUT2D eigenvalue weighted by molar-refractivity contribution is 7.99. The van der Waals surface area contributed by atoms with Crippen LogP contribution in [-0.4, -0.2) is 22.4 Å². The van der Waals surface area contributed by atoms with E-state index >= 15 is 0 Å². The Morgan fingerprint density at radius 3 is 3.11 bits per heavy atom. The molecule has 0 aliphatic rings. The van der Waals surface area contributed by atoms with Crippen LogP contribution in [0.1, 0.15) is 12.0 Å². The minimum Gasteiger partial charge on any atom is -0.337 e. The molecule has 0 aliphatic heterocycles. The Labute approximate surface area is 113 Å². The molecule has 1 aromatic heterocycles. The van der Waals surface area contributed by atoms with Crippen molar-refractivity contribution in [1.82, 2.24) is 14.9 Å². The summed E-state index contributed by atoms with van der Waals surface area (Å²) in [5.74, 6) is 1.14. The van der Waals surface area contributed by atoms with Crippen molar-refractivity contribution in [3.63, 3.8) is 0 Å². The molecule has 2 aromatic rings. The summed E-state index contributed by atoms with van der Waals surface area (Å²) in [5, 5.41) is 3.18. The highest BCUT2D eigenvalue weighted by Crippen LogP contribution is 2.20. The molecule has 96 valence electrons. The molecular formula is C14H19N3S. The van der Waals surface area contributed by atoms with E-state index in [1.807, 2.05) is 37.5 Å². The van der Waals surface area contributed by atoms with Gasteiger partial charge in [0.05, 0.1) is 6.33 Å². The van der Waals surface area contributed by atoms with Gasteiger partial charge in [-0.15, -0.1) is 11.8 Å². The largest absolute Gasteiger partial charge is 0.337 e. The number of nitrogens with one attached hydrogen (secondary N) is 1. The van der Waals surface area contributed by atoms with Gasteiger partial charge in [0.15, 0.2) is 0 Å². The Kier molecular flexibility index (Phi) is 5.30. The van der Waals surface area contributed by atoms with Crippen LogP contribution in [0.15, 0.2) is 47.9 Å². The monoisotopic (exact) mass is 261 g/mol. The van der Waals surface area contributed by atoms with E-state index in [1.54, 1.807) is 0 Å². The number of benzene rings is 1. The molecule has 3 nitrogen and oxygen atoms in total. The van der Waals surface area contributed by atoms with Gasteiger partial charge in [0.1, 0.15) is 0 Å². The van der Waals surface area contributed by atoms with E-state index in [0.717, 1.165) is 25.3 Å². The van der Waals surface area contributed by atoms with Crippen LogP contribution in [0.3, 0.4) is 0 Å². The number of aromatic nitrogens is 2. The number of thioether (sulfide) groups is 1. The Morgan fingerprint density at radius 1 is 1.39 bits per heavy atom. The molecule has 1 aromatic carbocycles. The molecular weight excluding hydrogens is 242 g/mol. The number of rotatable bonds is 7. The SMILES string of the molecule is CNCc1cccc(SCCCn2ccnc2)c1. The fraction of sp³-hybridized carbons (Fsp3) is 0.357. The lowest BCUT2D eigenvalue weighted by Crippen LogP contribution is -2.04. The predicted octanol–water partition coefficient (Wildman–Crippen LogP) is 2.78. The first kappa shape index (κ1) is 13.2. The molecule has 0 amide bonds. The number of aryl methyl sites for hydroxylation is 1. The summed E-state index contributed by atoms with van der Waals surface area (Å²) >= 11 is 1.92. The highest BCUT2D eigenvalue weighted by atomic mass is 32.2. The maximum absolute atomic E-state index is 4.04. The highest BCUT2D eigenvalue weighted by Gasteiger charge is 1.97. The second kappa shape index (κ2) is 7.24.